The van der Waals surface area contributed by atoms with E-state index in [2.05, 4.69) is 47.7 Å². The van der Waals surface area contributed by atoms with Crippen LogP contribution in [-0.4, -0.2) is 70.6 Å². The van der Waals surface area contributed by atoms with E-state index in [-0.39, 0.29) is 18.2 Å². The molecule has 2 amide bonds. The SMILES string of the molecule is CC[C@H]1COCCN1c1nc(-c2ccc(NC(=O)NC3N=NOC3C)cc2)nc2c1CCN(c1ncccn1)C2. The highest BCUT2D eigenvalue weighted by Gasteiger charge is 2.31. The Balaban J connectivity index is 1.28. The van der Waals surface area contributed by atoms with E-state index < -0.39 is 6.17 Å². The van der Waals surface area contributed by atoms with Gasteiger partial charge in [-0.15, -0.1) is 5.11 Å². The van der Waals surface area contributed by atoms with E-state index in [4.69, 9.17) is 19.5 Å². The van der Waals surface area contributed by atoms with E-state index in [1.807, 2.05) is 30.3 Å². The molecule has 1 saturated heterocycles. The van der Waals surface area contributed by atoms with Crippen LogP contribution in [0.1, 0.15) is 31.5 Å². The maximum absolute atomic E-state index is 12.4. The lowest BCUT2D eigenvalue weighted by atomic mass is 10.0. The summed E-state index contributed by atoms with van der Waals surface area (Å²) in [5.41, 5.74) is 3.64. The number of carbonyl (C=O) groups excluding carboxylic acids is 1. The molecule has 13 heteroatoms. The van der Waals surface area contributed by atoms with Gasteiger partial charge in [0.25, 0.3) is 0 Å². The van der Waals surface area contributed by atoms with Gasteiger partial charge in [0.1, 0.15) is 5.82 Å². The molecule has 0 bridgehead atoms. The summed E-state index contributed by atoms with van der Waals surface area (Å²) in [6, 6.07) is 9.19. The Morgan fingerprint density at radius 1 is 1.12 bits per heavy atom. The predicted molar refractivity (Wildman–Crippen MR) is 148 cm³/mol. The maximum atomic E-state index is 12.4. The van der Waals surface area contributed by atoms with Crippen molar-refractivity contribution in [1.29, 1.82) is 0 Å². The first-order chi connectivity index (χ1) is 19.6. The Kier molecular flexibility index (Phi) is 7.36. The molecule has 3 atom stereocenters. The number of nitrogens with zero attached hydrogens (tertiary/aromatic N) is 8. The molecular weight excluding hydrogens is 512 g/mol. The van der Waals surface area contributed by atoms with Gasteiger partial charge in [-0.05, 0) is 50.1 Å². The van der Waals surface area contributed by atoms with Crippen LogP contribution in [0.3, 0.4) is 0 Å². The normalized spacial score (nSPS) is 22.0. The first-order valence-electron chi connectivity index (χ1n) is 13.6. The topological polar surface area (TPSA) is 142 Å². The number of hydrogen-bond donors (Lipinski definition) is 2. The third kappa shape index (κ3) is 5.37. The van der Waals surface area contributed by atoms with E-state index in [0.29, 0.717) is 37.2 Å². The number of hydrogen-bond acceptors (Lipinski definition) is 11. The van der Waals surface area contributed by atoms with E-state index in [1.54, 1.807) is 19.3 Å². The summed E-state index contributed by atoms with van der Waals surface area (Å²) < 4.78 is 5.78. The molecule has 3 aliphatic rings. The van der Waals surface area contributed by atoms with E-state index in [1.165, 1.54) is 5.56 Å². The molecule has 5 heterocycles. The molecule has 0 aliphatic carbocycles. The van der Waals surface area contributed by atoms with E-state index in [0.717, 1.165) is 43.0 Å². The summed E-state index contributed by atoms with van der Waals surface area (Å²) in [5.74, 6) is 2.31. The summed E-state index contributed by atoms with van der Waals surface area (Å²) in [6.07, 6.45) is 4.46. The molecule has 1 fully saturated rings. The highest BCUT2D eigenvalue weighted by atomic mass is 16.7. The highest BCUT2D eigenvalue weighted by molar-refractivity contribution is 5.89. The van der Waals surface area contributed by atoms with Crippen molar-refractivity contribution in [2.75, 3.05) is 41.4 Å². The van der Waals surface area contributed by atoms with Gasteiger partial charge in [-0.25, -0.2) is 24.7 Å². The first kappa shape index (κ1) is 25.9. The number of carbonyl (C=O) groups is 1. The van der Waals surface area contributed by atoms with Gasteiger partial charge in [-0.2, -0.15) is 0 Å². The molecule has 3 aromatic rings. The molecule has 1 aromatic carbocycles. The van der Waals surface area contributed by atoms with Crippen molar-refractivity contribution in [2.45, 2.75) is 51.5 Å². The zero-order valence-corrected chi connectivity index (χ0v) is 22.5. The summed E-state index contributed by atoms with van der Waals surface area (Å²) >= 11 is 0. The second-order valence-electron chi connectivity index (χ2n) is 9.98. The molecule has 2 unspecified atom stereocenters. The zero-order chi connectivity index (χ0) is 27.5. The van der Waals surface area contributed by atoms with Crippen molar-refractivity contribution in [3.05, 3.63) is 54.0 Å². The molecule has 3 aliphatic heterocycles. The number of ether oxygens (including phenoxy) is 1. The summed E-state index contributed by atoms with van der Waals surface area (Å²) in [5, 5.41) is 12.9. The van der Waals surface area contributed by atoms with Gasteiger partial charge < -0.3 is 30.0 Å². The smallest absolute Gasteiger partial charge is 0.321 e. The number of nitrogens with one attached hydrogen (secondary N) is 2. The lowest BCUT2D eigenvalue weighted by Crippen LogP contribution is -2.47. The minimum Gasteiger partial charge on any atom is -0.377 e. The van der Waals surface area contributed by atoms with Crippen LogP contribution >= 0.6 is 0 Å². The molecule has 0 radical (unpaired) electrons. The van der Waals surface area contributed by atoms with Crippen molar-refractivity contribution in [3.63, 3.8) is 0 Å². The molecular formula is C27H32N10O3. The minimum absolute atomic E-state index is 0.258. The Labute approximate surface area is 232 Å². The molecule has 208 valence electrons. The third-order valence-corrected chi connectivity index (χ3v) is 7.36. The number of benzene rings is 1. The molecule has 0 spiro atoms. The molecule has 13 nitrogen and oxygen atoms in total. The van der Waals surface area contributed by atoms with Crippen LogP contribution in [0.2, 0.25) is 0 Å². The second-order valence-corrected chi connectivity index (χ2v) is 9.98. The standard InChI is InChI=1S/C27H32N10O3/c1-3-20-16-39-14-13-37(20)25-21-9-12-36(26-28-10-4-11-29-26)15-22(21)31-24(32-25)18-5-7-19(8-6-18)30-27(38)33-23-17(2)40-35-34-23/h4-8,10-11,17,20,23H,3,9,12-16H2,1-2H3,(H2,30,33,38)/t17?,20-,23?/m0/s1. The largest absolute Gasteiger partial charge is 0.377 e. The Morgan fingerprint density at radius 3 is 2.70 bits per heavy atom. The van der Waals surface area contributed by atoms with Crippen LogP contribution in [0.4, 0.5) is 22.2 Å². The molecule has 2 aromatic heterocycles. The minimum atomic E-state index is -0.519. The first-order valence-corrected chi connectivity index (χ1v) is 13.6. The average molecular weight is 545 g/mol. The highest BCUT2D eigenvalue weighted by Crippen LogP contribution is 2.33. The van der Waals surface area contributed by atoms with Gasteiger partial charge in [0.15, 0.2) is 18.1 Å². The average Bonchev–Trinajstić information content (AvgIpc) is 3.40. The predicted octanol–water partition coefficient (Wildman–Crippen LogP) is 3.35. The lowest BCUT2D eigenvalue weighted by Gasteiger charge is -2.39. The number of anilines is 3. The third-order valence-electron chi connectivity index (χ3n) is 7.36. The van der Waals surface area contributed by atoms with Crippen molar-refractivity contribution < 1.29 is 14.4 Å². The second kappa shape index (κ2) is 11.4. The fraction of sp³-hybridized carbons (Fsp3) is 0.444. The van der Waals surface area contributed by atoms with Crippen LogP contribution in [0.15, 0.2) is 53.1 Å². The fourth-order valence-electron chi connectivity index (χ4n) is 5.13. The van der Waals surface area contributed by atoms with Crippen molar-refractivity contribution in [1.82, 2.24) is 25.3 Å². The van der Waals surface area contributed by atoms with E-state index in [9.17, 15) is 4.79 Å². The fourth-order valence-corrected chi connectivity index (χ4v) is 5.13. The van der Waals surface area contributed by atoms with Crippen molar-refractivity contribution in [2.24, 2.45) is 10.4 Å². The number of amides is 2. The molecule has 6 rings (SSSR count). The van der Waals surface area contributed by atoms with Crippen LogP contribution in [0, 0.1) is 0 Å². The number of urea groups is 1. The summed E-state index contributed by atoms with van der Waals surface area (Å²) in [7, 11) is 0. The van der Waals surface area contributed by atoms with Crippen molar-refractivity contribution >= 4 is 23.5 Å². The van der Waals surface area contributed by atoms with E-state index >= 15 is 0 Å². The van der Waals surface area contributed by atoms with Gasteiger partial charge in [-0.1, -0.05) is 6.92 Å². The molecule has 2 N–H and O–H groups in total. The number of aromatic nitrogens is 4. The quantitative estimate of drug-likeness (QED) is 0.478. The van der Waals surface area contributed by atoms with Crippen LogP contribution < -0.4 is 20.4 Å². The lowest BCUT2D eigenvalue weighted by molar-refractivity contribution is 0.0864. The van der Waals surface area contributed by atoms with Crippen molar-refractivity contribution in [3.8, 4) is 11.4 Å². The van der Waals surface area contributed by atoms with Gasteiger partial charge in [0.05, 0.1) is 31.5 Å². The van der Waals surface area contributed by atoms with Gasteiger partial charge in [-0.3, -0.25) is 0 Å². The molecule has 0 saturated carbocycles. The zero-order valence-electron chi connectivity index (χ0n) is 22.5. The number of morpholine rings is 1. The van der Waals surface area contributed by atoms with Crippen LogP contribution in [0.5, 0.6) is 0 Å². The molecule has 40 heavy (non-hydrogen) atoms. The number of rotatable bonds is 6. The van der Waals surface area contributed by atoms with Gasteiger partial charge in [0.2, 0.25) is 5.95 Å². The van der Waals surface area contributed by atoms with Crippen LogP contribution in [0.25, 0.3) is 11.4 Å². The summed E-state index contributed by atoms with van der Waals surface area (Å²) in [6.45, 7) is 7.51. The number of fused-ring (bicyclic) bond motifs is 1. The monoisotopic (exact) mass is 544 g/mol. The summed E-state index contributed by atoms with van der Waals surface area (Å²) in [4.78, 5) is 41.0. The maximum Gasteiger partial charge on any atom is 0.321 e. The van der Waals surface area contributed by atoms with Crippen LogP contribution in [-0.2, 0) is 22.5 Å². The Hall–Kier alpha value is -4.39. The van der Waals surface area contributed by atoms with Gasteiger partial charge in [0, 0.05) is 47.6 Å². The Bertz CT molecular complexity index is 1370. The van der Waals surface area contributed by atoms with Gasteiger partial charge >= 0.3 is 6.03 Å². The Morgan fingerprint density at radius 2 is 1.95 bits per heavy atom.